The zero-order valence-corrected chi connectivity index (χ0v) is 15.6. The normalized spacial score (nSPS) is 14.4. The van der Waals surface area contributed by atoms with E-state index in [2.05, 4.69) is 20.0 Å². The second-order valence-electron chi connectivity index (χ2n) is 6.81. The minimum Gasteiger partial charge on any atom is -0.353 e. The third-order valence-corrected chi connectivity index (χ3v) is 4.82. The van der Waals surface area contributed by atoms with Gasteiger partial charge in [0.15, 0.2) is 5.82 Å². The predicted molar refractivity (Wildman–Crippen MR) is 103 cm³/mol. The smallest absolute Gasteiger partial charge is 0.227 e. The highest BCUT2D eigenvalue weighted by atomic mass is 19.1. The molecule has 0 radical (unpaired) electrons. The largest absolute Gasteiger partial charge is 0.353 e. The maximum atomic E-state index is 13.0. The zero-order chi connectivity index (χ0) is 19.5. The Bertz CT molecular complexity index is 963. The third-order valence-electron chi connectivity index (χ3n) is 4.82. The summed E-state index contributed by atoms with van der Waals surface area (Å²) in [7, 11) is 0. The van der Waals surface area contributed by atoms with Crippen molar-refractivity contribution in [1.82, 2.24) is 24.6 Å². The van der Waals surface area contributed by atoms with Crippen LogP contribution in [-0.4, -0.2) is 56.7 Å². The first-order valence-electron chi connectivity index (χ1n) is 9.20. The van der Waals surface area contributed by atoms with Crippen molar-refractivity contribution in [2.75, 3.05) is 31.1 Å². The number of rotatable bonds is 4. The Balaban J connectivity index is 1.37. The molecule has 0 atom stereocenters. The van der Waals surface area contributed by atoms with Gasteiger partial charge in [0.2, 0.25) is 5.91 Å². The number of piperazine rings is 1. The minimum atomic E-state index is -0.292. The molecule has 0 unspecified atom stereocenters. The Hall–Kier alpha value is -3.29. The van der Waals surface area contributed by atoms with E-state index in [0.717, 1.165) is 17.1 Å². The number of nitrogens with zero attached hydrogens (tertiary/aromatic N) is 6. The quantitative estimate of drug-likeness (QED) is 0.693. The number of hydrogen-bond acceptors (Lipinski definition) is 5. The van der Waals surface area contributed by atoms with Gasteiger partial charge in [-0.25, -0.2) is 19.0 Å². The molecule has 0 N–H and O–H groups in total. The van der Waals surface area contributed by atoms with E-state index in [-0.39, 0.29) is 18.1 Å². The van der Waals surface area contributed by atoms with Gasteiger partial charge >= 0.3 is 0 Å². The Morgan fingerprint density at radius 1 is 1.04 bits per heavy atom. The number of carbonyl (C=O) groups excluding carboxylic acids is 1. The summed E-state index contributed by atoms with van der Waals surface area (Å²) in [5, 5.41) is 4.38. The fraction of sp³-hybridized carbons (Fsp3) is 0.300. The van der Waals surface area contributed by atoms with Crippen LogP contribution in [0.25, 0.3) is 5.82 Å². The fourth-order valence-electron chi connectivity index (χ4n) is 3.25. The number of anilines is 1. The van der Waals surface area contributed by atoms with E-state index in [9.17, 15) is 9.18 Å². The van der Waals surface area contributed by atoms with Crippen LogP contribution in [0.5, 0.6) is 0 Å². The van der Waals surface area contributed by atoms with Gasteiger partial charge in [0.05, 0.1) is 12.1 Å². The Morgan fingerprint density at radius 3 is 2.43 bits per heavy atom. The summed E-state index contributed by atoms with van der Waals surface area (Å²) < 4.78 is 14.7. The van der Waals surface area contributed by atoms with Gasteiger partial charge in [-0.3, -0.25) is 4.79 Å². The molecule has 0 aliphatic carbocycles. The maximum absolute atomic E-state index is 13.0. The van der Waals surface area contributed by atoms with Crippen LogP contribution in [0, 0.1) is 12.7 Å². The average Bonchev–Trinajstić information content (AvgIpc) is 3.16. The summed E-state index contributed by atoms with van der Waals surface area (Å²) in [5.41, 5.74) is 1.75. The molecule has 0 spiro atoms. The molecule has 28 heavy (non-hydrogen) atoms. The Morgan fingerprint density at radius 2 is 1.75 bits per heavy atom. The standard InChI is InChI=1S/C20H21FN6O/c1-15-6-7-27(24-15)19-13-18(22-14-23-19)25-8-10-26(11-9-25)20(28)12-16-2-4-17(21)5-3-16/h2-7,13-14H,8-12H2,1H3. The first kappa shape index (κ1) is 18.1. The molecular formula is C20H21FN6O. The average molecular weight is 380 g/mol. The van der Waals surface area contributed by atoms with Crippen LogP contribution in [-0.2, 0) is 11.2 Å². The number of aryl methyl sites for hydroxylation is 1. The van der Waals surface area contributed by atoms with Crippen LogP contribution in [0.4, 0.5) is 10.2 Å². The van der Waals surface area contributed by atoms with E-state index in [4.69, 9.17) is 0 Å². The fourth-order valence-corrected chi connectivity index (χ4v) is 3.25. The van der Waals surface area contributed by atoms with E-state index >= 15 is 0 Å². The number of aromatic nitrogens is 4. The summed E-state index contributed by atoms with van der Waals surface area (Å²) in [6.45, 7) is 4.58. The molecule has 1 aliphatic rings. The molecule has 0 bridgehead atoms. The summed E-state index contributed by atoms with van der Waals surface area (Å²) in [6, 6.07) is 9.91. The van der Waals surface area contributed by atoms with Crippen molar-refractivity contribution in [2.24, 2.45) is 0 Å². The van der Waals surface area contributed by atoms with Crippen molar-refractivity contribution in [2.45, 2.75) is 13.3 Å². The SMILES string of the molecule is Cc1ccn(-c2cc(N3CCN(C(=O)Cc4ccc(F)cc4)CC3)ncn2)n1. The molecule has 7 nitrogen and oxygen atoms in total. The van der Waals surface area contributed by atoms with Crippen molar-refractivity contribution < 1.29 is 9.18 Å². The molecule has 1 aromatic carbocycles. The van der Waals surface area contributed by atoms with Crippen LogP contribution in [0.2, 0.25) is 0 Å². The molecule has 1 amide bonds. The van der Waals surface area contributed by atoms with Gasteiger partial charge in [0.25, 0.3) is 0 Å². The summed E-state index contributed by atoms with van der Waals surface area (Å²) >= 11 is 0. The first-order valence-corrected chi connectivity index (χ1v) is 9.20. The monoisotopic (exact) mass is 380 g/mol. The molecule has 3 heterocycles. The Labute approximate surface area is 162 Å². The summed E-state index contributed by atoms with van der Waals surface area (Å²) in [4.78, 5) is 25.2. The lowest BCUT2D eigenvalue weighted by Gasteiger charge is -2.35. The lowest BCUT2D eigenvalue weighted by atomic mass is 10.1. The van der Waals surface area contributed by atoms with Gasteiger partial charge in [-0.15, -0.1) is 0 Å². The van der Waals surface area contributed by atoms with Crippen LogP contribution in [0.1, 0.15) is 11.3 Å². The Kier molecular flexibility index (Phi) is 5.01. The minimum absolute atomic E-state index is 0.0571. The van der Waals surface area contributed by atoms with Crippen LogP contribution in [0.3, 0.4) is 0 Å². The lowest BCUT2D eigenvalue weighted by molar-refractivity contribution is -0.130. The van der Waals surface area contributed by atoms with Crippen molar-refractivity contribution in [3.05, 3.63) is 66.0 Å². The van der Waals surface area contributed by atoms with Gasteiger partial charge in [-0.1, -0.05) is 12.1 Å². The van der Waals surface area contributed by atoms with Gasteiger partial charge in [0, 0.05) is 38.4 Å². The van der Waals surface area contributed by atoms with Crippen molar-refractivity contribution in [1.29, 1.82) is 0 Å². The van der Waals surface area contributed by atoms with Crippen LogP contribution in [0.15, 0.2) is 48.9 Å². The number of halogens is 1. The van der Waals surface area contributed by atoms with E-state index in [1.807, 2.05) is 30.2 Å². The van der Waals surface area contributed by atoms with Gasteiger partial charge in [-0.05, 0) is 30.7 Å². The maximum Gasteiger partial charge on any atom is 0.227 e. The highest BCUT2D eigenvalue weighted by Crippen LogP contribution is 2.16. The second kappa shape index (κ2) is 7.75. The van der Waals surface area contributed by atoms with Crippen LogP contribution >= 0.6 is 0 Å². The van der Waals surface area contributed by atoms with Gasteiger partial charge < -0.3 is 9.80 Å². The zero-order valence-electron chi connectivity index (χ0n) is 15.6. The number of hydrogen-bond donors (Lipinski definition) is 0. The molecule has 1 saturated heterocycles. The van der Waals surface area contributed by atoms with Gasteiger partial charge in [-0.2, -0.15) is 5.10 Å². The molecule has 4 rings (SSSR count). The number of benzene rings is 1. The number of amides is 1. The molecule has 2 aromatic heterocycles. The third kappa shape index (κ3) is 4.00. The molecule has 1 fully saturated rings. The predicted octanol–water partition coefficient (Wildman–Crippen LogP) is 2.00. The lowest BCUT2D eigenvalue weighted by Crippen LogP contribution is -2.49. The van der Waals surface area contributed by atoms with Crippen molar-refractivity contribution in [3.8, 4) is 5.82 Å². The molecule has 3 aromatic rings. The molecular weight excluding hydrogens is 359 g/mol. The second-order valence-corrected chi connectivity index (χ2v) is 6.81. The van der Waals surface area contributed by atoms with E-state index < -0.39 is 0 Å². The van der Waals surface area contributed by atoms with E-state index in [1.165, 1.54) is 18.5 Å². The molecule has 8 heteroatoms. The number of carbonyl (C=O) groups is 1. The summed E-state index contributed by atoms with van der Waals surface area (Å²) in [6.07, 6.45) is 3.69. The molecule has 144 valence electrons. The topological polar surface area (TPSA) is 67.2 Å². The van der Waals surface area contributed by atoms with Crippen molar-refractivity contribution in [3.63, 3.8) is 0 Å². The first-order chi connectivity index (χ1) is 13.6. The van der Waals surface area contributed by atoms with E-state index in [1.54, 1.807) is 16.8 Å². The highest BCUT2D eigenvalue weighted by molar-refractivity contribution is 5.79. The van der Waals surface area contributed by atoms with Crippen molar-refractivity contribution >= 4 is 11.7 Å². The van der Waals surface area contributed by atoms with Gasteiger partial charge in [0.1, 0.15) is 18.0 Å². The van der Waals surface area contributed by atoms with E-state index in [0.29, 0.717) is 32.0 Å². The molecule has 1 aliphatic heterocycles. The molecule has 0 saturated carbocycles. The van der Waals surface area contributed by atoms with Crippen LogP contribution < -0.4 is 4.90 Å². The highest BCUT2D eigenvalue weighted by Gasteiger charge is 2.22. The summed E-state index contributed by atoms with van der Waals surface area (Å²) in [5.74, 6) is 1.30.